The van der Waals surface area contributed by atoms with Crippen molar-refractivity contribution in [3.63, 3.8) is 0 Å². The minimum absolute atomic E-state index is 0. The third kappa shape index (κ3) is 12.4. The SMILES string of the molecule is C.C=CC(=O)N1CCN(c2c(C#N)c(=O)n(-c3c(C(C)C)ccnc3C(C)C)c3nc(-c4ccccc4C)c(F)cc23)CC1.C=CC(=O)N1CCN(c2c(C#N)c(=O)n(-c3c(C(C)C)ccnc3C(C)C)c3nc(-c4ccccc4C)c(F)cc23)CC1.P. The summed E-state index contributed by atoms with van der Waals surface area (Å²) in [4.78, 5) is 79.7. The predicted molar refractivity (Wildman–Crippen MR) is 352 cm³/mol. The highest BCUT2D eigenvalue weighted by molar-refractivity contribution is 6.92. The molecular formula is C69H77F2N12O4P. The zero-order valence-corrected chi connectivity index (χ0v) is 52.5. The van der Waals surface area contributed by atoms with Crippen molar-refractivity contribution in [1.29, 1.82) is 10.5 Å². The fourth-order valence-electron chi connectivity index (χ4n) is 11.7. The Morgan fingerprint density at radius 2 is 0.886 bits per heavy atom. The predicted octanol–water partition coefficient (Wildman–Crippen LogP) is 12.4. The van der Waals surface area contributed by atoms with Crippen LogP contribution in [-0.2, 0) is 9.59 Å². The fraction of sp³-hybridized carbons (Fsp3) is 0.333. The molecule has 19 heteroatoms. The van der Waals surface area contributed by atoms with Gasteiger partial charge in [0.15, 0.2) is 11.3 Å². The van der Waals surface area contributed by atoms with Crippen LogP contribution in [0.2, 0.25) is 0 Å². The van der Waals surface area contributed by atoms with Gasteiger partial charge in [-0.05, 0) is 96.2 Å². The smallest absolute Gasteiger partial charge is 0.276 e. The summed E-state index contributed by atoms with van der Waals surface area (Å²) in [6.45, 7) is 30.0. The van der Waals surface area contributed by atoms with Gasteiger partial charge in [0.05, 0.1) is 34.1 Å². The van der Waals surface area contributed by atoms with Crippen LogP contribution in [0.1, 0.15) is 131 Å². The highest BCUT2D eigenvalue weighted by Gasteiger charge is 2.33. The molecule has 1 unspecified atom stereocenters. The van der Waals surface area contributed by atoms with E-state index < -0.39 is 22.8 Å². The number of aromatic nitrogens is 6. The number of amides is 2. The largest absolute Gasteiger partial charge is 0.366 e. The Bertz CT molecular complexity index is 3920. The zero-order valence-electron chi connectivity index (χ0n) is 51.1. The van der Waals surface area contributed by atoms with Crippen molar-refractivity contribution in [1.82, 2.24) is 38.9 Å². The van der Waals surface area contributed by atoms with E-state index >= 15 is 8.78 Å². The van der Waals surface area contributed by atoms with Crippen molar-refractivity contribution in [3.8, 4) is 46.0 Å². The molecule has 10 rings (SSSR count). The summed E-state index contributed by atoms with van der Waals surface area (Å²) in [5.41, 5.74) is 7.28. The van der Waals surface area contributed by atoms with Gasteiger partial charge in [-0.2, -0.15) is 20.4 Å². The maximum Gasteiger partial charge on any atom is 0.276 e. The van der Waals surface area contributed by atoms with E-state index in [9.17, 15) is 29.7 Å². The molecule has 2 aliphatic rings. The summed E-state index contributed by atoms with van der Waals surface area (Å²) in [7, 11) is 0. The van der Waals surface area contributed by atoms with Gasteiger partial charge in [0, 0.05) is 86.7 Å². The van der Waals surface area contributed by atoms with Crippen molar-refractivity contribution in [2.24, 2.45) is 0 Å². The first-order valence-corrected chi connectivity index (χ1v) is 29.0. The maximum absolute atomic E-state index is 16.1. The second-order valence-corrected chi connectivity index (χ2v) is 22.9. The lowest BCUT2D eigenvalue weighted by Gasteiger charge is -2.36. The Morgan fingerprint density at radius 1 is 0.545 bits per heavy atom. The molecule has 0 radical (unpaired) electrons. The topological polar surface area (TPSA) is 190 Å². The number of aryl methyl sites for hydroxylation is 2. The lowest BCUT2D eigenvalue weighted by atomic mass is 9.96. The number of hydrogen-bond donors (Lipinski definition) is 0. The molecule has 16 nitrogen and oxygen atoms in total. The number of rotatable bonds is 12. The first-order chi connectivity index (χ1) is 41.2. The molecule has 1 atom stereocenters. The number of benzene rings is 2. The van der Waals surface area contributed by atoms with Gasteiger partial charge in [0.25, 0.3) is 11.1 Å². The van der Waals surface area contributed by atoms with E-state index in [-0.39, 0.29) is 86.6 Å². The lowest BCUT2D eigenvalue weighted by molar-refractivity contribution is -0.127. The lowest BCUT2D eigenvalue weighted by Crippen LogP contribution is -2.49. The molecule has 2 fully saturated rings. The van der Waals surface area contributed by atoms with E-state index in [0.29, 0.717) is 108 Å². The van der Waals surface area contributed by atoms with Crippen LogP contribution in [0.3, 0.4) is 0 Å². The molecule has 456 valence electrons. The fourth-order valence-corrected chi connectivity index (χ4v) is 11.7. The van der Waals surface area contributed by atoms with Gasteiger partial charge in [0.2, 0.25) is 11.8 Å². The van der Waals surface area contributed by atoms with Gasteiger partial charge in [-0.1, -0.05) is 125 Å². The molecule has 0 saturated carbocycles. The molecule has 2 saturated heterocycles. The summed E-state index contributed by atoms with van der Waals surface area (Å²) in [6.07, 6.45) is 6.01. The van der Waals surface area contributed by atoms with Crippen molar-refractivity contribution < 1.29 is 18.4 Å². The molecular weight excluding hydrogens is 1130 g/mol. The van der Waals surface area contributed by atoms with Crippen molar-refractivity contribution in [2.45, 2.75) is 100 Å². The number of anilines is 2. The second-order valence-electron chi connectivity index (χ2n) is 22.9. The van der Waals surface area contributed by atoms with Gasteiger partial charge < -0.3 is 19.6 Å². The quantitative estimate of drug-likeness (QED) is 0.0832. The number of nitriles is 2. The number of hydrogen-bond acceptors (Lipinski definition) is 12. The van der Waals surface area contributed by atoms with Gasteiger partial charge in [-0.15, -0.1) is 0 Å². The summed E-state index contributed by atoms with van der Waals surface area (Å²) in [5.74, 6) is -1.54. The Kier molecular flexibility index (Phi) is 20.8. The minimum atomic E-state index is -0.558. The molecule has 6 aromatic heterocycles. The minimum Gasteiger partial charge on any atom is -0.366 e. The van der Waals surface area contributed by atoms with Crippen LogP contribution < -0.4 is 20.9 Å². The summed E-state index contributed by atoms with van der Waals surface area (Å²) in [5, 5.41) is 21.6. The first kappa shape index (κ1) is 66.3. The molecule has 2 aliphatic heterocycles. The van der Waals surface area contributed by atoms with Crippen LogP contribution in [0.4, 0.5) is 20.2 Å². The molecule has 0 bridgehead atoms. The molecule has 8 heterocycles. The molecule has 2 aromatic carbocycles. The highest BCUT2D eigenvalue weighted by Crippen LogP contribution is 2.40. The number of fused-ring (bicyclic) bond motifs is 2. The van der Waals surface area contributed by atoms with E-state index in [1.54, 1.807) is 34.3 Å². The zero-order chi connectivity index (χ0) is 62.0. The van der Waals surface area contributed by atoms with Crippen molar-refractivity contribution in [2.75, 3.05) is 62.2 Å². The number of nitrogens with zero attached hydrogens (tertiary/aromatic N) is 12. The van der Waals surface area contributed by atoms with E-state index in [2.05, 4.69) is 35.3 Å². The molecule has 8 aromatic rings. The van der Waals surface area contributed by atoms with Crippen LogP contribution in [0.15, 0.2) is 120 Å². The van der Waals surface area contributed by atoms with Crippen molar-refractivity contribution in [3.05, 3.63) is 188 Å². The van der Waals surface area contributed by atoms with Gasteiger partial charge in [-0.3, -0.25) is 38.3 Å². The monoisotopic (exact) mass is 1210 g/mol. The van der Waals surface area contributed by atoms with Crippen molar-refractivity contribution >= 4 is 55.2 Å². The first-order valence-electron chi connectivity index (χ1n) is 29.0. The number of piperazine rings is 2. The van der Waals surface area contributed by atoms with Crippen LogP contribution in [-0.4, -0.2) is 103 Å². The maximum atomic E-state index is 16.1. The molecule has 88 heavy (non-hydrogen) atoms. The highest BCUT2D eigenvalue weighted by atomic mass is 31.0. The summed E-state index contributed by atoms with van der Waals surface area (Å²) >= 11 is 0. The third-order valence-corrected chi connectivity index (χ3v) is 16.1. The third-order valence-electron chi connectivity index (χ3n) is 16.1. The molecule has 0 spiro atoms. The Hall–Kier alpha value is -9.25. The van der Waals surface area contributed by atoms with E-state index in [1.165, 1.54) is 33.4 Å². The summed E-state index contributed by atoms with van der Waals surface area (Å²) < 4.78 is 35.1. The number of halogens is 2. The molecule has 0 aliphatic carbocycles. The van der Waals surface area contributed by atoms with Crippen LogP contribution in [0.5, 0.6) is 0 Å². The number of pyridine rings is 6. The summed E-state index contributed by atoms with van der Waals surface area (Å²) in [6, 6.07) is 25.6. The Morgan fingerprint density at radius 3 is 1.18 bits per heavy atom. The Labute approximate surface area is 516 Å². The normalized spacial score (nSPS) is 13.2. The van der Waals surface area contributed by atoms with E-state index in [4.69, 9.17) is 9.97 Å². The van der Waals surface area contributed by atoms with Crippen LogP contribution in [0.25, 0.3) is 56.0 Å². The van der Waals surface area contributed by atoms with Gasteiger partial charge in [0.1, 0.15) is 46.3 Å². The van der Waals surface area contributed by atoms with Crippen LogP contribution in [0, 0.1) is 48.1 Å². The van der Waals surface area contributed by atoms with E-state index in [1.807, 2.05) is 128 Å². The molecule has 2 amide bonds. The Balaban J connectivity index is 0.000000245. The van der Waals surface area contributed by atoms with Crippen LogP contribution >= 0.6 is 9.90 Å². The van der Waals surface area contributed by atoms with Gasteiger partial charge >= 0.3 is 0 Å². The number of carbonyl (C=O) groups excluding carboxylic acids is 2. The average molecular weight is 1210 g/mol. The number of carbonyl (C=O) groups is 2. The van der Waals surface area contributed by atoms with E-state index in [0.717, 1.165) is 22.3 Å². The average Bonchev–Trinajstić information content (AvgIpc) is 0.761. The molecule has 0 N–H and O–H groups in total. The standard InChI is InChI=1S/2C34H35FN6O2.CH4.H3P/c2*1-7-28(42)39-14-16-40(17-15-39)31-25-18-27(35)30(24-11-9-8-10-22(24)6)38-33(25)41(34(43)26(31)19-36)32-23(20(2)3)12-13-37-29(32)21(4)5;;/h2*7-13,18,20-21H,1,14-17H2,2-6H3;1H4;1H3. The van der Waals surface area contributed by atoms with Gasteiger partial charge in [-0.25, -0.2) is 18.7 Å². The second kappa shape index (κ2) is 27.6.